The quantitative estimate of drug-likeness (QED) is 0.143. The minimum atomic E-state index is -0.350. The summed E-state index contributed by atoms with van der Waals surface area (Å²) in [7, 11) is 0. The van der Waals surface area contributed by atoms with Gasteiger partial charge in [0, 0.05) is 13.1 Å². The molecule has 7 nitrogen and oxygen atoms in total. The van der Waals surface area contributed by atoms with Crippen LogP contribution in [0.25, 0.3) is 0 Å². The van der Waals surface area contributed by atoms with Gasteiger partial charge >= 0.3 is 0 Å². The molecule has 0 unspecified atom stereocenters. The van der Waals surface area contributed by atoms with Crippen LogP contribution >= 0.6 is 0 Å². The van der Waals surface area contributed by atoms with Gasteiger partial charge in [-0.1, -0.05) is 42.5 Å². The molecule has 0 aliphatic rings. The molecule has 0 fully saturated rings. The smallest absolute Gasteiger partial charge is 0.270 e. The van der Waals surface area contributed by atoms with Crippen molar-refractivity contribution in [2.45, 2.75) is 51.6 Å². The van der Waals surface area contributed by atoms with E-state index >= 15 is 0 Å². The van der Waals surface area contributed by atoms with Gasteiger partial charge in [0.15, 0.2) is 0 Å². The molecule has 3 rings (SSSR count). The Kier molecular flexibility index (Phi) is 13.0. The molecule has 1 aromatic heterocycles. The Hall–Kier alpha value is -4.39. The van der Waals surface area contributed by atoms with Gasteiger partial charge in [0.25, 0.3) is 11.8 Å². The van der Waals surface area contributed by atoms with Gasteiger partial charge in [0.1, 0.15) is 22.9 Å². The largest absolute Gasteiger partial charge is 0.494 e. The predicted molar refractivity (Wildman–Crippen MR) is 159 cm³/mol. The summed E-state index contributed by atoms with van der Waals surface area (Å²) < 4.78 is 11.5. The number of aromatic nitrogens is 1. The van der Waals surface area contributed by atoms with E-state index in [4.69, 9.17) is 9.47 Å². The number of unbranched alkanes of at least 4 members (excludes halogenated alkanes) is 4. The molecule has 3 aromatic rings. The van der Waals surface area contributed by atoms with E-state index in [1.54, 1.807) is 18.2 Å². The maximum atomic E-state index is 12.7. The minimum Gasteiger partial charge on any atom is -0.494 e. The van der Waals surface area contributed by atoms with Crippen LogP contribution in [-0.2, 0) is 13.1 Å². The van der Waals surface area contributed by atoms with Crippen LogP contribution in [0.3, 0.4) is 0 Å². The van der Waals surface area contributed by atoms with Crippen molar-refractivity contribution in [1.29, 1.82) is 0 Å². The summed E-state index contributed by atoms with van der Waals surface area (Å²) in [5, 5.41) is 5.71. The lowest BCUT2D eigenvalue weighted by Gasteiger charge is -2.09. The molecule has 40 heavy (non-hydrogen) atoms. The highest BCUT2D eigenvalue weighted by Gasteiger charge is 2.12. The van der Waals surface area contributed by atoms with Crippen molar-refractivity contribution in [3.05, 3.63) is 115 Å². The molecule has 0 aliphatic carbocycles. The number of allylic oxidation sites excluding steroid dienone is 2. The van der Waals surface area contributed by atoms with Gasteiger partial charge in [-0.05, 0) is 86.1 Å². The first-order valence-corrected chi connectivity index (χ1v) is 13.8. The molecule has 2 N–H and O–H groups in total. The minimum absolute atomic E-state index is 0.182. The number of pyridine rings is 1. The highest BCUT2D eigenvalue weighted by molar-refractivity contribution is 5.96. The van der Waals surface area contributed by atoms with Crippen molar-refractivity contribution < 1.29 is 19.1 Å². The molecule has 1 heterocycles. The zero-order valence-corrected chi connectivity index (χ0v) is 23.1. The first-order valence-electron chi connectivity index (χ1n) is 13.8. The third-order valence-electron chi connectivity index (χ3n) is 6.11. The van der Waals surface area contributed by atoms with E-state index in [2.05, 4.69) is 28.8 Å². The van der Waals surface area contributed by atoms with Crippen LogP contribution in [0, 0.1) is 0 Å². The van der Waals surface area contributed by atoms with Crippen LogP contribution in [0.1, 0.15) is 70.6 Å². The fraction of sp³-hybridized carbons (Fsp3) is 0.303. The summed E-state index contributed by atoms with van der Waals surface area (Å²) in [5.74, 6) is 0.899. The van der Waals surface area contributed by atoms with Crippen LogP contribution in [0.5, 0.6) is 11.5 Å². The first kappa shape index (κ1) is 30.2. The van der Waals surface area contributed by atoms with E-state index < -0.39 is 0 Å². The normalized spacial score (nSPS) is 10.4. The number of nitrogens with zero attached hydrogens (tertiary/aromatic N) is 1. The van der Waals surface area contributed by atoms with Gasteiger partial charge in [-0.2, -0.15) is 0 Å². The second-order valence-corrected chi connectivity index (χ2v) is 9.33. The number of nitrogens with one attached hydrogen (secondary N) is 2. The topological polar surface area (TPSA) is 89.5 Å². The number of carbonyl (C=O) groups excluding carboxylic acids is 2. The lowest BCUT2D eigenvalue weighted by molar-refractivity contribution is 0.0941. The van der Waals surface area contributed by atoms with Gasteiger partial charge in [-0.3, -0.25) is 9.59 Å². The summed E-state index contributed by atoms with van der Waals surface area (Å²) in [4.78, 5) is 29.6. The highest BCUT2D eigenvalue weighted by atomic mass is 16.5. The molecule has 0 atom stereocenters. The van der Waals surface area contributed by atoms with Crippen molar-refractivity contribution in [1.82, 2.24) is 15.6 Å². The zero-order chi connectivity index (χ0) is 28.4. The molecule has 210 valence electrons. The van der Waals surface area contributed by atoms with Crippen molar-refractivity contribution in [2.75, 3.05) is 13.2 Å². The van der Waals surface area contributed by atoms with E-state index in [0.717, 1.165) is 61.2 Å². The average Bonchev–Trinajstić information content (AvgIpc) is 2.99. The van der Waals surface area contributed by atoms with Crippen LogP contribution in [0.15, 0.2) is 92.0 Å². The maximum Gasteiger partial charge on any atom is 0.270 e. The summed E-state index contributed by atoms with van der Waals surface area (Å²) in [6, 6.07) is 20.1. The molecule has 0 saturated heterocycles. The standard InChI is InChI=1S/C33H39N3O4/c1-3-5-7-9-22-39-28-18-14-26(15-19-28)24-34-32(37)30-12-11-13-31(36-30)33(38)35-25-27-16-20-29(21-17-27)40-23-10-8-6-4-2/h3-4,11-21H,1-2,5-10,22-25H2,(H,34,37)(H,35,38). The molecule has 7 heteroatoms. The number of ether oxygens (including phenoxy) is 2. The second-order valence-electron chi connectivity index (χ2n) is 9.33. The Morgan fingerprint density at radius 1 is 0.650 bits per heavy atom. The second kappa shape index (κ2) is 17.2. The predicted octanol–water partition coefficient (Wildman–Crippen LogP) is 6.41. The van der Waals surface area contributed by atoms with Gasteiger partial charge in [0.05, 0.1) is 13.2 Å². The maximum absolute atomic E-state index is 12.7. The zero-order valence-electron chi connectivity index (χ0n) is 23.1. The number of rotatable bonds is 18. The van der Waals surface area contributed by atoms with E-state index in [1.165, 1.54) is 0 Å². The molecule has 0 saturated carbocycles. The molecule has 0 aliphatic heterocycles. The van der Waals surface area contributed by atoms with E-state index in [1.807, 2.05) is 60.7 Å². The van der Waals surface area contributed by atoms with Gasteiger partial charge in [-0.25, -0.2) is 4.98 Å². The van der Waals surface area contributed by atoms with E-state index in [-0.39, 0.29) is 23.2 Å². The van der Waals surface area contributed by atoms with Crippen LogP contribution in [0.4, 0.5) is 0 Å². The molecule has 0 radical (unpaired) electrons. The van der Waals surface area contributed by atoms with Crippen LogP contribution in [-0.4, -0.2) is 30.0 Å². The molecular weight excluding hydrogens is 502 g/mol. The van der Waals surface area contributed by atoms with Crippen molar-refractivity contribution in [3.8, 4) is 11.5 Å². The number of amides is 2. The first-order chi connectivity index (χ1) is 19.6. The monoisotopic (exact) mass is 541 g/mol. The summed E-state index contributed by atoms with van der Waals surface area (Å²) in [5.41, 5.74) is 2.24. The Bertz CT molecular complexity index is 1130. The Balaban J connectivity index is 1.42. The molecule has 0 spiro atoms. The molecule has 2 amide bonds. The number of hydrogen-bond acceptors (Lipinski definition) is 5. The number of benzene rings is 2. The van der Waals surface area contributed by atoms with Crippen molar-refractivity contribution in [2.24, 2.45) is 0 Å². The lowest BCUT2D eigenvalue weighted by Crippen LogP contribution is -2.27. The third-order valence-corrected chi connectivity index (χ3v) is 6.11. The van der Waals surface area contributed by atoms with Gasteiger partial charge < -0.3 is 20.1 Å². The van der Waals surface area contributed by atoms with Crippen molar-refractivity contribution in [3.63, 3.8) is 0 Å². The molecular formula is C33H39N3O4. The number of carbonyl (C=O) groups is 2. The van der Waals surface area contributed by atoms with E-state index in [9.17, 15) is 9.59 Å². The lowest BCUT2D eigenvalue weighted by atomic mass is 10.2. The van der Waals surface area contributed by atoms with Gasteiger partial charge in [-0.15, -0.1) is 13.2 Å². The Labute approximate surface area is 237 Å². The Morgan fingerprint density at radius 3 is 1.48 bits per heavy atom. The molecule has 0 bridgehead atoms. The summed E-state index contributed by atoms with van der Waals surface area (Å²) in [6.07, 6.45) is 9.89. The SMILES string of the molecule is C=CCCCCOc1ccc(CNC(=O)c2cccc(C(=O)NCc3ccc(OCCCCC=C)cc3)n2)cc1. The van der Waals surface area contributed by atoms with Crippen LogP contribution < -0.4 is 20.1 Å². The Morgan fingerprint density at radius 2 is 1.07 bits per heavy atom. The third kappa shape index (κ3) is 10.8. The van der Waals surface area contributed by atoms with Gasteiger partial charge in [0.2, 0.25) is 0 Å². The summed E-state index contributed by atoms with van der Waals surface area (Å²) >= 11 is 0. The fourth-order valence-electron chi connectivity index (χ4n) is 3.80. The fourth-order valence-corrected chi connectivity index (χ4v) is 3.80. The van der Waals surface area contributed by atoms with Crippen LogP contribution in [0.2, 0.25) is 0 Å². The summed E-state index contributed by atoms with van der Waals surface area (Å²) in [6.45, 7) is 9.45. The van der Waals surface area contributed by atoms with Crippen molar-refractivity contribution >= 4 is 11.8 Å². The average molecular weight is 542 g/mol. The number of hydrogen-bond donors (Lipinski definition) is 2. The molecule has 2 aromatic carbocycles. The highest BCUT2D eigenvalue weighted by Crippen LogP contribution is 2.14. The van der Waals surface area contributed by atoms with E-state index in [0.29, 0.717) is 26.3 Å².